The molecule has 1 aliphatic rings. The van der Waals surface area contributed by atoms with Gasteiger partial charge in [-0.15, -0.1) is 4.31 Å². The number of esters is 2. The zero-order chi connectivity index (χ0) is 33.4. The molecule has 2 atom stereocenters. The molecule has 0 saturated carbocycles. The maximum absolute atomic E-state index is 14.9. The molecule has 0 aliphatic carbocycles. The molecule has 242 valence electrons. The second-order valence-corrected chi connectivity index (χ2v) is 16.2. The third kappa shape index (κ3) is 7.43. The van der Waals surface area contributed by atoms with Gasteiger partial charge in [-0.2, -0.15) is 0 Å². The number of carbonyl (C=O) groups excluding carboxylic acids is 2. The maximum atomic E-state index is 14.9. The minimum absolute atomic E-state index is 0.0925. The van der Waals surface area contributed by atoms with Crippen LogP contribution in [0.5, 0.6) is 0 Å². The van der Waals surface area contributed by atoms with Gasteiger partial charge < -0.3 is 14.2 Å². The summed E-state index contributed by atoms with van der Waals surface area (Å²) in [4.78, 5) is 29.2. The molecule has 0 spiro atoms. The second-order valence-electron chi connectivity index (χ2n) is 14.0. The monoisotopic (exact) mass is 655 g/mol. The summed E-state index contributed by atoms with van der Waals surface area (Å²) in [6.45, 7) is 14.7. The van der Waals surface area contributed by atoms with Crippen molar-refractivity contribution in [2.24, 2.45) is 10.8 Å². The SMILES string of the molecule is Cc1ccc([C@H]2OC(c3ccc(Cl)cc3)N(S(=O)(=O)c3ccc(C)cc3)C2(C(=O)OCC(C)(C)C)C(=O)OCC(C)(C)C)cc1. The molecular weight excluding hydrogens is 614 g/mol. The molecule has 1 aliphatic heterocycles. The minimum Gasteiger partial charge on any atom is -0.463 e. The van der Waals surface area contributed by atoms with E-state index in [1.807, 2.05) is 55.4 Å². The molecule has 10 heteroatoms. The van der Waals surface area contributed by atoms with Gasteiger partial charge in [0.05, 0.1) is 18.1 Å². The molecule has 0 aromatic heterocycles. The molecule has 0 amide bonds. The minimum atomic E-state index is -4.64. The first-order valence-electron chi connectivity index (χ1n) is 14.8. The van der Waals surface area contributed by atoms with E-state index in [1.54, 1.807) is 60.7 Å². The molecule has 3 aromatic rings. The number of hydrogen-bond acceptors (Lipinski definition) is 7. The zero-order valence-electron chi connectivity index (χ0n) is 27.1. The van der Waals surface area contributed by atoms with Crippen molar-refractivity contribution in [1.82, 2.24) is 4.31 Å². The smallest absolute Gasteiger partial charge is 0.342 e. The Kier molecular flexibility index (Phi) is 9.90. The van der Waals surface area contributed by atoms with E-state index in [1.165, 1.54) is 12.1 Å². The molecular formula is C35H42ClNO7S. The summed E-state index contributed by atoms with van der Waals surface area (Å²) in [6, 6.07) is 19.6. The standard InChI is InChI=1S/C35H42ClNO7S/c1-23-9-13-25(14-10-23)29-35(31(38)42-21-33(3,4)5,32(39)43-22-34(6,7)8)37(30(44-29)26-15-17-27(36)18-16-26)45(40,41)28-19-11-24(2)12-20-28/h9-20,29-30H,21-22H2,1-8H3/t29-,30?/m1/s1. The average molecular weight is 656 g/mol. The van der Waals surface area contributed by atoms with Gasteiger partial charge in [0.25, 0.3) is 5.54 Å². The van der Waals surface area contributed by atoms with E-state index in [9.17, 15) is 18.0 Å². The Morgan fingerprint density at radius 1 is 0.756 bits per heavy atom. The number of halogens is 1. The van der Waals surface area contributed by atoms with Gasteiger partial charge in [0.15, 0.2) is 6.23 Å². The molecule has 0 radical (unpaired) electrons. The quantitative estimate of drug-likeness (QED) is 0.185. The van der Waals surface area contributed by atoms with E-state index in [0.717, 1.165) is 15.4 Å². The lowest BCUT2D eigenvalue weighted by Gasteiger charge is -2.37. The molecule has 4 rings (SSSR count). The summed E-state index contributed by atoms with van der Waals surface area (Å²) < 4.78 is 48.9. The lowest BCUT2D eigenvalue weighted by Crippen LogP contribution is -2.63. The molecule has 1 saturated heterocycles. The number of sulfonamides is 1. The highest BCUT2D eigenvalue weighted by atomic mass is 35.5. The number of hydrogen-bond donors (Lipinski definition) is 0. The predicted octanol–water partition coefficient (Wildman–Crippen LogP) is 7.34. The van der Waals surface area contributed by atoms with Gasteiger partial charge in [-0.1, -0.05) is 113 Å². The Balaban J connectivity index is 2.08. The first kappa shape index (κ1) is 34.6. The number of rotatable bonds is 8. The van der Waals surface area contributed by atoms with E-state index in [2.05, 4.69) is 0 Å². The average Bonchev–Trinajstić information content (AvgIpc) is 3.33. The highest BCUT2D eigenvalue weighted by Crippen LogP contribution is 2.53. The van der Waals surface area contributed by atoms with Crippen LogP contribution in [0.4, 0.5) is 0 Å². The fraction of sp³-hybridized carbons (Fsp3) is 0.429. The van der Waals surface area contributed by atoms with Crippen molar-refractivity contribution < 1.29 is 32.2 Å². The van der Waals surface area contributed by atoms with Gasteiger partial charge in [-0.25, -0.2) is 18.0 Å². The molecule has 1 unspecified atom stereocenters. The van der Waals surface area contributed by atoms with Crippen LogP contribution < -0.4 is 0 Å². The van der Waals surface area contributed by atoms with Crippen LogP contribution in [0.2, 0.25) is 5.02 Å². The zero-order valence-corrected chi connectivity index (χ0v) is 28.7. The first-order valence-corrected chi connectivity index (χ1v) is 16.6. The summed E-state index contributed by atoms with van der Waals surface area (Å²) in [5.41, 5.74) is -1.07. The fourth-order valence-corrected chi connectivity index (χ4v) is 6.77. The van der Waals surface area contributed by atoms with Crippen molar-refractivity contribution in [2.45, 2.75) is 78.2 Å². The largest absolute Gasteiger partial charge is 0.463 e. The molecule has 1 fully saturated rings. The summed E-state index contributed by atoms with van der Waals surface area (Å²) in [6.07, 6.45) is -2.86. The Labute approximate surface area is 271 Å². The molecule has 45 heavy (non-hydrogen) atoms. The Morgan fingerprint density at radius 3 is 1.62 bits per heavy atom. The first-order chi connectivity index (χ1) is 20.9. The van der Waals surface area contributed by atoms with Crippen LogP contribution in [0.3, 0.4) is 0 Å². The summed E-state index contributed by atoms with van der Waals surface area (Å²) in [5, 5.41) is 0.417. The van der Waals surface area contributed by atoms with Crippen LogP contribution in [0.1, 0.15) is 76.1 Å². The van der Waals surface area contributed by atoms with Crippen LogP contribution in [-0.4, -0.2) is 43.4 Å². The number of carbonyl (C=O) groups is 2. The Hall–Kier alpha value is -3.24. The molecule has 0 bridgehead atoms. The lowest BCUT2D eigenvalue weighted by molar-refractivity contribution is -0.176. The van der Waals surface area contributed by atoms with E-state index >= 15 is 0 Å². The number of benzene rings is 3. The van der Waals surface area contributed by atoms with E-state index in [4.69, 9.17) is 25.8 Å². The number of aryl methyl sites for hydroxylation is 2. The van der Waals surface area contributed by atoms with Crippen molar-refractivity contribution in [2.75, 3.05) is 13.2 Å². The molecule has 0 N–H and O–H groups in total. The number of nitrogens with zero attached hydrogens (tertiary/aromatic N) is 1. The van der Waals surface area contributed by atoms with Crippen molar-refractivity contribution in [3.05, 3.63) is 100 Å². The van der Waals surface area contributed by atoms with Crippen LogP contribution in [0.15, 0.2) is 77.7 Å². The van der Waals surface area contributed by atoms with E-state index < -0.39 is 50.7 Å². The Morgan fingerprint density at radius 2 is 1.18 bits per heavy atom. The van der Waals surface area contributed by atoms with Gasteiger partial charge in [0, 0.05) is 5.02 Å². The lowest BCUT2D eigenvalue weighted by atomic mass is 9.87. The van der Waals surface area contributed by atoms with Crippen LogP contribution >= 0.6 is 11.6 Å². The summed E-state index contributed by atoms with van der Waals surface area (Å²) in [5.74, 6) is -2.18. The summed E-state index contributed by atoms with van der Waals surface area (Å²) in [7, 11) is -4.64. The van der Waals surface area contributed by atoms with Crippen molar-refractivity contribution in [3.8, 4) is 0 Å². The predicted molar refractivity (Wildman–Crippen MR) is 173 cm³/mol. The topological polar surface area (TPSA) is 99.2 Å². The molecule has 1 heterocycles. The third-order valence-corrected chi connectivity index (χ3v) is 9.33. The van der Waals surface area contributed by atoms with Gasteiger partial charge >= 0.3 is 11.9 Å². The molecule has 8 nitrogen and oxygen atoms in total. The molecule has 3 aromatic carbocycles. The van der Waals surface area contributed by atoms with E-state index in [0.29, 0.717) is 16.1 Å². The number of ether oxygens (including phenoxy) is 3. The van der Waals surface area contributed by atoms with Crippen LogP contribution in [0.25, 0.3) is 0 Å². The van der Waals surface area contributed by atoms with Gasteiger partial charge in [-0.3, -0.25) is 0 Å². The van der Waals surface area contributed by atoms with Crippen LogP contribution in [0, 0.1) is 24.7 Å². The van der Waals surface area contributed by atoms with Crippen molar-refractivity contribution in [3.63, 3.8) is 0 Å². The maximum Gasteiger partial charge on any atom is 0.342 e. The van der Waals surface area contributed by atoms with Gasteiger partial charge in [0.1, 0.15) is 6.10 Å². The normalized spacial score (nSPS) is 18.9. The van der Waals surface area contributed by atoms with Crippen LogP contribution in [-0.2, 0) is 33.8 Å². The Bertz CT molecular complexity index is 1590. The summed E-state index contributed by atoms with van der Waals surface area (Å²) >= 11 is 6.20. The van der Waals surface area contributed by atoms with Crippen molar-refractivity contribution in [1.29, 1.82) is 0 Å². The third-order valence-electron chi connectivity index (χ3n) is 7.21. The van der Waals surface area contributed by atoms with Gasteiger partial charge in [0.2, 0.25) is 10.0 Å². The van der Waals surface area contributed by atoms with Gasteiger partial charge in [-0.05, 0) is 60.1 Å². The highest BCUT2D eigenvalue weighted by molar-refractivity contribution is 7.89. The van der Waals surface area contributed by atoms with Crippen molar-refractivity contribution >= 4 is 33.6 Å². The highest BCUT2D eigenvalue weighted by Gasteiger charge is 2.71. The second kappa shape index (κ2) is 12.9. The fourth-order valence-electron chi connectivity index (χ4n) is 4.89. The van der Waals surface area contributed by atoms with E-state index in [-0.39, 0.29) is 18.1 Å².